The van der Waals surface area contributed by atoms with Gasteiger partial charge in [0, 0.05) is 11.6 Å². The first-order valence-electron chi connectivity index (χ1n) is 6.01. The van der Waals surface area contributed by atoms with E-state index in [-0.39, 0.29) is 23.4 Å². The molecule has 1 atom stereocenters. The van der Waals surface area contributed by atoms with E-state index in [1.807, 2.05) is 18.7 Å². The Morgan fingerprint density at radius 1 is 1.56 bits per heavy atom. The third kappa shape index (κ3) is 4.49. The summed E-state index contributed by atoms with van der Waals surface area (Å²) in [6, 6.07) is 4.65. The SMILES string of the molecule is CCSCCC(C)NC(=O)c1ccc(N)c(O)c1. The zero-order chi connectivity index (χ0) is 13.5. The zero-order valence-corrected chi connectivity index (χ0v) is 11.6. The minimum atomic E-state index is -0.181. The molecule has 0 bridgehead atoms. The summed E-state index contributed by atoms with van der Waals surface area (Å²) in [5, 5.41) is 12.3. The number of anilines is 1. The number of carbonyl (C=O) groups is 1. The van der Waals surface area contributed by atoms with Crippen molar-refractivity contribution < 1.29 is 9.90 Å². The molecule has 0 spiro atoms. The Morgan fingerprint density at radius 3 is 2.89 bits per heavy atom. The van der Waals surface area contributed by atoms with Crippen molar-refractivity contribution in [1.82, 2.24) is 5.32 Å². The number of rotatable bonds is 6. The molecule has 1 aromatic rings. The molecule has 0 fully saturated rings. The number of carbonyl (C=O) groups excluding carboxylic acids is 1. The Morgan fingerprint density at radius 2 is 2.28 bits per heavy atom. The molecule has 18 heavy (non-hydrogen) atoms. The van der Waals surface area contributed by atoms with E-state index in [1.54, 1.807) is 6.07 Å². The van der Waals surface area contributed by atoms with Gasteiger partial charge in [0.2, 0.25) is 0 Å². The van der Waals surface area contributed by atoms with E-state index in [0.717, 1.165) is 17.9 Å². The van der Waals surface area contributed by atoms with Gasteiger partial charge in [-0.05, 0) is 43.0 Å². The van der Waals surface area contributed by atoms with Gasteiger partial charge in [-0.1, -0.05) is 6.92 Å². The van der Waals surface area contributed by atoms with Gasteiger partial charge in [-0.2, -0.15) is 11.8 Å². The number of phenols is 1. The molecular formula is C13H20N2O2S. The minimum Gasteiger partial charge on any atom is -0.506 e. The second kappa shape index (κ2) is 7.16. The topological polar surface area (TPSA) is 75.4 Å². The van der Waals surface area contributed by atoms with Crippen molar-refractivity contribution in [3.05, 3.63) is 23.8 Å². The molecule has 1 amide bonds. The van der Waals surface area contributed by atoms with Crippen molar-refractivity contribution in [2.24, 2.45) is 0 Å². The first-order chi connectivity index (χ1) is 8.54. The smallest absolute Gasteiger partial charge is 0.251 e. The molecule has 0 heterocycles. The summed E-state index contributed by atoms with van der Waals surface area (Å²) >= 11 is 1.86. The number of phenolic OH excluding ortho intramolecular Hbond substituents is 1. The van der Waals surface area contributed by atoms with E-state index in [0.29, 0.717) is 5.56 Å². The summed E-state index contributed by atoms with van der Waals surface area (Å²) < 4.78 is 0. The monoisotopic (exact) mass is 268 g/mol. The largest absolute Gasteiger partial charge is 0.506 e. The van der Waals surface area contributed by atoms with Crippen LogP contribution < -0.4 is 11.1 Å². The van der Waals surface area contributed by atoms with Crippen LogP contribution in [0.4, 0.5) is 5.69 Å². The van der Waals surface area contributed by atoms with E-state index in [2.05, 4.69) is 12.2 Å². The van der Waals surface area contributed by atoms with Crippen LogP contribution in [-0.4, -0.2) is 28.6 Å². The molecular weight excluding hydrogens is 248 g/mol. The first kappa shape index (κ1) is 14.7. The Hall–Kier alpha value is -1.36. The number of hydrogen-bond acceptors (Lipinski definition) is 4. The molecule has 1 aromatic carbocycles. The van der Waals surface area contributed by atoms with E-state index >= 15 is 0 Å². The van der Waals surface area contributed by atoms with E-state index in [9.17, 15) is 9.90 Å². The lowest BCUT2D eigenvalue weighted by molar-refractivity contribution is 0.0939. The van der Waals surface area contributed by atoms with Crippen LogP contribution >= 0.6 is 11.8 Å². The van der Waals surface area contributed by atoms with Gasteiger partial charge in [-0.3, -0.25) is 4.79 Å². The van der Waals surface area contributed by atoms with Crippen LogP contribution in [0.25, 0.3) is 0 Å². The predicted molar refractivity (Wildman–Crippen MR) is 77.1 cm³/mol. The van der Waals surface area contributed by atoms with Crippen molar-refractivity contribution >= 4 is 23.4 Å². The summed E-state index contributed by atoms with van der Waals surface area (Å²) in [4.78, 5) is 11.9. The highest BCUT2D eigenvalue weighted by Crippen LogP contribution is 2.20. The molecule has 0 radical (unpaired) electrons. The van der Waals surface area contributed by atoms with Crippen LogP contribution in [-0.2, 0) is 0 Å². The molecule has 0 aromatic heterocycles. The lowest BCUT2D eigenvalue weighted by Gasteiger charge is -2.13. The fourth-order valence-corrected chi connectivity index (χ4v) is 2.28. The highest BCUT2D eigenvalue weighted by molar-refractivity contribution is 7.99. The standard InChI is InChI=1S/C13H20N2O2S/c1-3-18-7-6-9(2)15-13(17)10-4-5-11(14)12(16)8-10/h4-5,8-9,16H,3,6-7,14H2,1-2H3,(H,15,17). The Balaban J connectivity index is 2.51. The Labute approximate surface area is 112 Å². The van der Waals surface area contributed by atoms with Crippen LogP contribution in [0.2, 0.25) is 0 Å². The molecule has 0 aliphatic heterocycles. The van der Waals surface area contributed by atoms with Crippen molar-refractivity contribution in [3.63, 3.8) is 0 Å². The molecule has 5 heteroatoms. The van der Waals surface area contributed by atoms with Crippen molar-refractivity contribution in [1.29, 1.82) is 0 Å². The molecule has 4 N–H and O–H groups in total. The molecule has 1 unspecified atom stereocenters. The number of nitrogen functional groups attached to an aromatic ring is 1. The summed E-state index contributed by atoms with van der Waals surface area (Å²) in [7, 11) is 0. The van der Waals surface area contributed by atoms with Crippen molar-refractivity contribution in [3.8, 4) is 5.75 Å². The highest BCUT2D eigenvalue weighted by atomic mass is 32.2. The van der Waals surface area contributed by atoms with Crippen LogP contribution in [0, 0.1) is 0 Å². The van der Waals surface area contributed by atoms with Crippen LogP contribution in [0.3, 0.4) is 0 Å². The molecule has 0 aliphatic carbocycles. The molecule has 1 rings (SSSR count). The van der Waals surface area contributed by atoms with Gasteiger partial charge >= 0.3 is 0 Å². The number of amides is 1. The maximum absolute atomic E-state index is 11.9. The van der Waals surface area contributed by atoms with Gasteiger partial charge in [-0.15, -0.1) is 0 Å². The maximum atomic E-state index is 11.9. The summed E-state index contributed by atoms with van der Waals surface area (Å²) in [6.45, 7) is 4.09. The van der Waals surface area contributed by atoms with E-state index in [4.69, 9.17) is 5.73 Å². The average molecular weight is 268 g/mol. The van der Waals surface area contributed by atoms with Crippen molar-refractivity contribution in [2.75, 3.05) is 17.2 Å². The molecule has 4 nitrogen and oxygen atoms in total. The predicted octanol–water partition coefficient (Wildman–Crippen LogP) is 2.24. The third-order valence-corrected chi connectivity index (χ3v) is 3.50. The number of benzene rings is 1. The summed E-state index contributed by atoms with van der Waals surface area (Å²) in [6.07, 6.45) is 0.936. The second-order valence-corrected chi connectivity index (χ2v) is 5.53. The Bertz CT molecular complexity index is 410. The van der Waals surface area contributed by atoms with Gasteiger partial charge < -0.3 is 16.2 Å². The van der Waals surface area contributed by atoms with Crippen LogP contribution in [0.1, 0.15) is 30.6 Å². The van der Waals surface area contributed by atoms with Gasteiger partial charge in [0.15, 0.2) is 0 Å². The molecule has 100 valence electrons. The fourth-order valence-electron chi connectivity index (χ4n) is 1.47. The van der Waals surface area contributed by atoms with E-state index < -0.39 is 0 Å². The number of aromatic hydroxyl groups is 1. The number of hydrogen-bond donors (Lipinski definition) is 3. The van der Waals surface area contributed by atoms with Gasteiger partial charge in [0.05, 0.1) is 5.69 Å². The third-order valence-electron chi connectivity index (χ3n) is 2.57. The average Bonchev–Trinajstić information content (AvgIpc) is 2.33. The van der Waals surface area contributed by atoms with Crippen molar-refractivity contribution in [2.45, 2.75) is 26.3 Å². The lowest BCUT2D eigenvalue weighted by Crippen LogP contribution is -2.32. The quantitative estimate of drug-likeness (QED) is 0.420. The van der Waals surface area contributed by atoms with Gasteiger partial charge in [0.1, 0.15) is 5.75 Å². The molecule has 0 saturated heterocycles. The maximum Gasteiger partial charge on any atom is 0.251 e. The van der Waals surface area contributed by atoms with Crippen LogP contribution in [0.15, 0.2) is 18.2 Å². The highest BCUT2D eigenvalue weighted by Gasteiger charge is 2.11. The summed E-state index contributed by atoms with van der Waals surface area (Å²) in [5.74, 6) is 1.88. The fraction of sp³-hybridized carbons (Fsp3) is 0.462. The van der Waals surface area contributed by atoms with E-state index in [1.165, 1.54) is 12.1 Å². The van der Waals surface area contributed by atoms with Gasteiger partial charge in [-0.25, -0.2) is 0 Å². The normalized spacial score (nSPS) is 12.1. The number of thioether (sulfide) groups is 1. The summed E-state index contributed by atoms with van der Waals surface area (Å²) in [5.41, 5.74) is 6.19. The zero-order valence-electron chi connectivity index (χ0n) is 10.8. The Kier molecular flexibility index (Phi) is 5.85. The number of nitrogens with one attached hydrogen (secondary N) is 1. The molecule has 0 aliphatic rings. The van der Waals surface area contributed by atoms with Crippen LogP contribution in [0.5, 0.6) is 5.75 Å². The van der Waals surface area contributed by atoms with Gasteiger partial charge in [0.25, 0.3) is 5.91 Å². The first-order valence-corrected chi connectivity index (χ1v) is 7.17. The molecule has 0 saturated carbocycles. The number of nitrogens with two attached hydrogens (primary N) is 1. The second-order valence-electron chi connectivity index (χ2n) is 4.13. The minimum absolute atomic E-state index is 0.0585. The lowest BCUT2D eigenvalue weighted by atomic mass is 10.1.